The van der Waals surface area contributed by atoms with E-state index in [4.69, 9.17) is 4.74 Å². The van der Waals surface area contributed by atoms with Gasteiger partial charge in [0.1, 0.15) is 11.6 Å². The number of amides is 1. The fourth-order valence-corrected chi connectivity index (χ4v) is 1.64. The number of nitrogens with one attached hydrogen (secondary N) is 1. The Hall–Kier alpha value is -2.95. The molecular formula is C17H15FN2O2. The minimum atomic E-state index is -0.353. The molecule has 1 N–H and O–H groups in total. The third kappa shape index (κ3) is 4.86. The highest BCUT2D eigenvalue weighted by atomic mass is 19.1. The number of halogens is 1. The predicted octanol–water partition coefficient (Wildman–Crippen LogP) is 3.00. The van der Waals surface area contributed by atoms with E-state index in [1.165, 1.54) is 24.4 Å². The van der Waals surface area contributed by atoms with Gasteiger partial charge in [-0.25, -0.2) is 9.82 Å². The smallest absolute Gasteiger partial charge is 0.264 e. The molecule has 4 nitrogen and oxygen atoms in total. The number of hydrogen-bond donors (Lipinski definition) is 1. The summed E-state index contributed by atoms with van der Waals surface area (Å²) in [6, 6.07) is 13.1. The van der Waals surface area contributed by atoms with E-state index in [1.807, 2.05) is 24.3 Å². The first-order valence-electron chi connectivity index (χ1n) is 6.58. The SMILES string of the molecule is COc1ccc(/C=C/C(=O)N/N=C\c2ccc(F)cc2)cc1. The molecule has 22 heavy (non-hydrogen) atoms. The molecule has 0 aliphatic heterocycles. The average Bonchev–Trinajstić information content (AvgIpc) is 2.55. The zero-order chi connectivity index (χ0) is 15.8. The second-order valence-corrected chi connectivity index (χ2v) is 4.39. The fourth-order valence-electron chi connectivity index (χ4n) is 1.64. The van der Waals surface area contributed by atoms with Crippen molar-refractivity contribution in [3.8, 4) is 5.75 Å². The number of carbonyl (C=O) groups excluding carboxylic acids is 1. The van der Waals surface area contributed by atoms with Crippen LogP contribution in [0.25, 0.3) is 6.08 Å². The lowest BCUT2D eigenvalue weighted by Crippen LogP contribution is -2.14. The number of hydrazone groups is 1. The summed E-state index contributed by atoms with van der Waals surface area (Å²) >= 11 is 0. The Labute approximate surface area is 127 Å². The standard InChI is InChI=1S/C17H15FN2O2/c1-22-16-9-4-13(5-10-16)6-11-17(21)20-19-12-14-2-7-15(18)8-3-14/h2-12H,1H3,(H,20,21)/b11-6+,19-12-. The second-order valence-electron chi connectivity index (χ2n) is 4.39. The Bertz CT molecular complexity index is 677. The van der Waals surface area contributed by atoms with Crippen LogP contribution in [-0.4, -0.2) is 19.2 Å². The highest BCUT2D eigenvalue weighted by molar-refractivity contribution is 5.92. The van der Waals surface area contributed by atoms with Gasteiger partial charge in [-0.05, 0) is 41.5 Å². The molecule has 2 aromatic rings. The van der Waals surface area contributed by atoms with Gasteiger partial charge in [-0.1, -0.05) is 24.3 Å². The van der Waals surface area contributed by atoms with Gasteiger partial charge in [0.05, 0.1) is 13.3 Å². The number of carbonyl (C=O) groups is 1. The van der Waals surface area contributed by atoms with Gasteiger partial charge < -0.3 is 4.74 Å². The van der Waals surface area contributed by atoms with Crippen molar-refractivity contribution in [1.29, 1.82) is 0 Å². The molecule has 0 aliphatic rings. The van der Waals surface area contributed by atoms with Crippen LogP contribution < -0.4 is 10.2 Å². The van der Waals surface area contributed by atoms with Crippen LogP contribution in [0.5, 0.6) is 5.75 Å². The number of methoxy groups -OCH3 is 1. The molecule has 0 aliphatic carbocycles. The summed E-state index contributed by atoms with van der Waals surface area (Å²) in [5.74, 6) is 0.0864. The Morgan fingerprint density at radius 2 is 1.73 bits per heavy atom. The van der Waals surface area contributed by atoms with Crippen LogP contribution in [0.2, 0.25) is 0 Å². The molecule has 0 radical (unpaired) electrons. The number of ether oxygens (including phenoxy) is 1. The Balaban J connectivity index is 1.86. The number of nitrogens with zero attached hydrogens (tertiary/aromatic N) is 1. The topological polar surface area (TPSA) is 50.7 Å². The summed E-state index contributed by atoms with van der Waals surface area (Å²) in [6.45, 7) is 0. The largest absolute Gasteiger partial charge is 0.497 e. The van der Waals surface area contributed by atoms with Gasteiger partial charge in [-0.15, -0.1) is 0 Å². The molecule has 0 heterocycles. The minimum Gasteiger partial charge on any atom is -0.497 e. The third-order valence-electron chi connectivity index (χ3n) is 2.80. The van der Waals surface area contributed by atoms with E-state index in [-0.39, 0.29) is 11.7 Å². The van der Waals surface area contributed by atoms with E-state index in [9.17, 15) is 9.18 Å². The summed E-state index contributed by atoms with van der Waals surface area (Å²) in [7, 11) is 1.59. The van der Waals surface area contributed by atoms with Crippen molar-refractivity contribution in [1.82, 2.24) is 5.43 Å². The molecule has 112 valence electrons. The second kappa shape index (κ2) is 7.73. The summed E-state index contributed by atoms with van der Waals surface area (Å²) in [6.07, 6.45) is 4.49. The summed E-state index contributed by atoms with van der Waals surface area (Å²) in [5, 5.41) is 3.79. The Morgan fingerprint density at radius 3 is 2.36 bits per heavy atom. The van der Waals surface area contributed by atoms with E-state index >= 15 is 0 Å². The van der Waals surface area contributed by atoms with Crippen molar-refractivity contribution >= 4 is 18.2 Å². The van der Waals surface area contributed by atoms with Crippen molar-refractivity contribution in [2.24, 2.45) is 5.10 Å². The van der Waals surface area contributed by atoms with Crippen LogP contribution in [-0.2, 0) is 4.79 Å². The van der Waals surface area contributed by atoms with Crippen LogP contribution >= 0.6 is 0 Å². The monoisotopic (exact) mass is 298 g/mol. The number of rotatable bonds is 5. The van der Waals surface area contributed by atoms with Crippen LogP contribution in [0.4, 0.5) is 4.39 Å². The molecule has 0 saturated carbocycles. The zero-order valence-corrected chi connectivity index (χ0v) is 12.0. The molecular weight excluding hydrogens is 283 g/mol. The van der Waals surface area contributed by atoms with Crippen LogP contribution in [0.1, 0.15) is 11.1 Å². The van der Waals surface area contributed by atoms with E-state index in [1.54, 1.807) is 25.3 Å². The Morgan fingerprint density at radius 1 is 1.09 bits per heavy atom. The minimum absolute atomic E-state index is 0.316. The highest BCUT2D eigenvalue weighted by Crippen LogP contribution is 2.12. The highest BCUT2D eigenvalue weighted by Gasteiger charge is 1.94. The lowest BCUT2D eigenvalue weighted by atomic mass is 10.2. The molecule has 0 unspecified atom stereocenters. The summed E-state index contributed by atoms with van der Waals surface area (Å²) in [5.41, 5.74) is 3.93. The molecule has 0 atom stereocenters. The van der Waals surface area contributed by atoms with Gasteiger partial charge in [-0.3, -0.25) is 4.79 Å². The molecule has 2 rings (SSSR count). The van der Waals surface area contributed by atoms with E-state index in [0.29, 0.717) is 5.56 Å². The van der Waals surface area contributed by atoms with Gasteiger partial charge in [0.2, 0.25) is 0 Å². The molecule has 0 saturated heterocycles. The van der Waals surface area contributed by atoms with Crippen molar-refractivity contribution in [3.05, 3.63) is 71.6 Å². The molecule has 0 aromatic heterocycles. The Kier molecular flexibility index (Phi) is 5.43. The fraction of sp³-hybridized carbons (Fsp3) is 0.0588. The summed E-state index contributed by atoms with van der Waals surface area (Å²) in [4.78, 5) is 11.6. The third-order valence-corrected chi connectivity index (χ3v) is 2.80. The van der Waals surface area contributed by atoms with Gasteiger partial charge in [-0.2, -0.15) is 5.10 Å². The maximum atomic E-state index is 12.7. The quantitative estimate of drug-likeness (QED) is 0.524. The van der Waals surface area contributed by atoms with Crippen molar-refractivity contribution < 1.29 is 13.9 Å². The number of benzene rings is 2. The summed E-state index contributed by atoms with van der Waals surface area (Å²) < 4.78 is 17.8. The first-order valence-corrected chi connectivity index (χ1v) is 6.58. The van der Waals surface area contributed by atoms with Crippen LogP contribution in [0.15, 0.2) is 59.7 Å². The van der Waals surface area contributed by atoms with Crippen LogP contribution in [0, 0.1) is 5.82 Å². The predicted molar refractivity (Wildman–Crippen MR) is 84.2 cm³/mol. The van der Waals surface area contributed by atoms with E-state index < -0.39 is 0 Å². The van der Waals surface area contributed by atoms with Crippen molar-refractivity contribution in [2.75, 3.05) is 7.11 Å². The van der Waals surface area contributed by atoms with Crippen LogP contribution in [0.3, 0.4) is 0 Å². The van der Waals surface area contributed by atoms with E-state index in [2.05, 4.69) is 10.5 Å². The number of hydrogen-bond acceptors (Lipinski definition) is 3. The maximum absolute atomic E-state index is 12.7. The van der Waals surface area contributed by atoms with Gasteiger partial charge in [0.25, 0.3) is 5.91 Å². The lowest BCUT2D eigenvalue weighted by Gasteiger charge is -1.99. The van der Waals surface area contributed by atoms with Gasteiger partial charge >= 0.3 is 0 Å². The first-order chi connectivity index (χ1) is 10.7. The average molecular weight is 298 g/mol. The lowest BCUT2D eigenvalue weighted by molar-refractivity contribution is -0.116. The molecule has 0 bridgehead atoms. The molecule has 1 amide bonds. The van der Waals surface area contributed by atoms with Gasteiger partial charge in [0, 0.05) is 6.08 Å². The normalized spacial score (nSPS) is 11.0. The molecule has 5 heteroatoms. The molecule has 0 fully saturated rings. The molecule has 2 aromatic carbocycles. The van der Waals surface area contributed by atoms with E-state index in [0.717, 1.165) is 11.3 Å². The van der Waals surface area contributed by atoms with Gasteiger partial charge in [0.15, 0.2) is 0 Å². The van der Waals surface area contributed by atoms with Crippen molar-refractivity contribution in [3.63, 3.8) is 0 Å². The first kappa shape index (κ1) is 15.4. The van der Waals surface area contributed by atoms with Crippen molar-refractivity contribution in [2.45, 2.75) is 0 Å². The zero-order valence-electron chi connectivity index (χ0n) is 12.0. The maximum Gasteiger partial charge on any atom is 0.264 e. The molecule has 0 spiro atoms.